The van der Waals surface area contributed by atoms with E-state index in [4.69, 9.17) is 0 Å². The minimum atomic E-state index is -6.36. The zero-order chi connectivity index (χ0) is 15.7. The molecule has 0 rings (SSSR count). The molecule has 0 aromatic carbocycles. The van der Waals surface area contributed by atoms with E-state index in [1.165, 1.54) is 0 Å². The van der Waals surface area contributed by atoms with Crippen molar-refractivity contribution in [2.45, 2.75) is 17.4 Å². The first-order valence-electron chi connectivity index (χ1n) is 3.99. The Balaban J connectivity index is 4.91. The van der Waals surface area contributed by atoms with Crippen molar-refractivity contribution in [1.82, 2.24) is 0 Å². The van der Waals surface area contributed by atoms with Gasteiger partial charge >= 0.3 is 33.4 Å². The highest BCUT2D eigenvalue weighted by atomic mass is 32.2. The quantitative estimate of drug-likeness (QED) is 0.433. The summed E-state index contributed by atoms with van der Waals surface area (Å²) in [4.78, 5) is 10.3. The SMILES string of the molecule is COS(=O)(=O)C(F)(F)COC(=O)C(F)(F)C(F)(F)F. The number of carbonyl (C=O) groups is 1. The second kappa shape index (κ2) is 5.11. The topological polar surface area (TPSA) is 69.7 Å². The molecule has 0 aliphatic carbocycles. The van der Waals surface area contributed by atoms with Crippen LogP contribution in [0, 0.1) is 0 Å². The molecule has 114 valence electrons. The maximum Gasteiger partial charge on any atom is 0.465 e. The van der Waals surface area contributed by atoms with Gasteiger partial charge in [0.1, 0.15) is 0 Å². The molecule has 0 saturated heterocycles. The molecule has 5 nitrogen and oxygen atoms in total. The lowest BCUT2D eigenvalue weighted by molar-refractivity contribution is -0.281. The molecule has 0 fully saturated rings. The third-order valence-electron chi connectivity index (χ3n) is 1.57. The van der Waals surface area contributed by atoms with E-state index >= 15 is 0 Å². The Kier molecular flexibility index (Phi) is 4.81. The largest absolute Gasteiger partial charge is 0.465 e. The van der Waals surface area contributed by atoms with E-state index in [0.29, 0.717) is 0 Å². The van der Waals surface area contributed by atoms with Crippen molar-refractivity contribution in [2.75, 3.05) is 13.7 Å². The third-order valence-corrected chi connectivity index (χ3v) is 2.86. The summed E-state index contributed by atoms with van der Waals surface area (Å²) in [5, 5.41) is -4.97. The Labute approximate surface area is 101 Å². The van der Waals surface area contributed by atoms with E-state index in [0.717, 1.165) is 0 Å². The second-order valence-electron chi connectivity index (χ2n) is 2.91. The smallest absolute Gasteiger partial charge is 0.453 e. The van der Waals surface area contributed by atoms with Crippen molar-refractivity contribution in [3.05, 3.63) is 0 Å². The molecule has 0 amide bonds. The van der Waals surface area contributed by atoms with Crippen LogP contribution in [0.15, 0.2) is 0 Å². The first-order chi connectivity index (χ1) is 8.19. The van der Waals surface area contributed by atoms with Gasteiger partial charge in [0.2, 0.25) is 0 Å². The van der Waals surface area contributed by atoms with Gasteiger partial charge in [0, 0.05) is 0 Å². The van der Waals surface area contributed by atoms with Crippen LogP contribution in [-0.4, -0.2) is 45.5 Å². The number of halogens is 7. The number of rotatable bonds is 5. The Bertz CT molecular complexity index is 439. The van der Waals surface area contributed by atoms with Gasteiger partial charge in [-0.05, 0) is 0 Å². The van der Waals surface area contributed by atoms with Crippen LogP contribution in [0.3, 0.4) is 0 Å². The lowest BCUT2D eigenvalue weighted by atomic mass is 10.3. The number of esters is 1. The summed E-state index contributed by atoms with van der Waals surface area (Å²) >= 11 is 0. The summed E-state index contributed by atoms with van der Waals surface area (Å²) in [5.41, 5.74) is 0. The van der Waals surface area contributed by atoms with Crippen molar-refractivity contribution < 1.29 is 52.9 Å². The molecule has 0 radical (unpaired) electrons. The number of hydrogen-bond acceptors (Lipinski definition) is 5. The molecule has 0 heterocycles. The van der Waals surface area contributed by atoms with Crippen molar-refractivity contribution >= 4 is 16.1 Å². The van der Waals surface area contributed by atoms with Gasteiger partial charge in [-0.1, -0.05) is 0 Å². The predicted molar refractivity (Wildman–Crippen MR) is 42.8 cm³/mol. The number of alkyl halides is 7. The van der Waals surface area contributed by atoms with Gasteiger partial charge < -0.3 is 4.74 Å². The van der Waals surface area contributed by atoms with Crippen LogP contribution in [0.1, 0.15) is 0 Å². The minimum absolute atomic E-state index is 0.287. The molecule has 0 spiro atoms. The molecule has 0 aromatic heterocycles. The van der Waals surface area contributed by atoms with Crippen LogP contribution in [0.5, 0.6) is 0 Å². The summed E-state index contributed by atoms with van der Waals surface area (Å²) in [5.74, 6) is -9.40. The minimum Gasteiger partial charge on any atom is -0.453 e. The van der Waals surface area contributed by atoms with E-state index in [9.17, 15) is 43.9 Å². The second-order valence-corrected chi connectivity index (χ2v) is 4.75. The van der Waals surface area contributed by atoms with Gasteiger partial charge in [-0.15, -0.1) is 0 Å². The van der Waals surface area contributed by atoms with Crippen LogP contribution >= 0.6 is 0 Å². The number of carbonyl (C=O) groups excluding carboxylic acids is 1. The van der Waals surface area contributed by atoms with E-state index in [1.807, 2.05) is 0 Å². The van der Waals surface area contributed by atoms with Gasteiger partial charge in [0.15, 0.2) is 6.61 Å². The van der Waals surface area contributed by atoms with Crippen LogP contribution in [0.4, 0.5) is 30.7 Å². The molecule has 0 bridgehead atoms. The molecule has 0 N–H and O–H groups in total. The Hall–Kier alpha value is -1.11. The van der Waals surface area contributed by atoms with Crippen molar-refractivity contribution in [3.63, 3.8) is 0 Å². The molecule has 0 aromatic rings. The van der Waals surface area contributed by atoms with E-state index < -0.39 is 40.0 Å². The molecular weight excluding hydrogens is 317 g/mol. The fourth-order valence-corrected chi connectivity index (χ4v) is 0.997. The monoisotopic (exact) mass is 322 g/mol. The zero-order valence-electron chi connectivity index (χ0n) is 8.80. The maximum atomic E-state index is 12.7. The van der Waals surface area contributed by atoms with Gasteiger partial charge in [0.25, 0.3) is 0 Å². The average molecular weight is 322 g/mol. The summed E-state index contributed by atoms with van der Waals surface area (Å²) in [6.07, 6.45) is -6.36. The fraction of sp³-hybridized carbons (Fsp3) is 0.833. The fourth-order valence-electron chi connectivity index (χ4n) is 0.550. The molecule has 0 unspecified atom stereocenters. The van der Waals surface area contributed by atoms with Gasteiger partial charge in [-0.25, -0.2) is 4.79 Å². The van der Waals surface area contributed by atoms with Gasteiger partial charge in [-0.3, -0.25) is 4.18 Å². The maximum absolute atomic E-state index is 12.7. The number of ether oxygens (including phenoxy) is 1. The van der Waals surface area contributed by atoms with Crippen LogP contribution in [-0.2, 0) is 23.8 Å². The normalized spacial score (nSPS) is 14.3. The Morgan fingerprint density at radius 3 is 1.79 bits per heavy atom. The molecule has 0 saturated carbocycles. The Morgan fingerprint density at radius 1 is 1.05 bits per heavy atom. The molecule has 19 heavy (non-hydrogen) atoms. The highest BCUT2D eigenvalue weighted by Crippen LogP contribution is 2.36. The molecule has 0 aliphatic rings. The summed E-state index contributed by atoms with van der Waals surface area (Å²) < 4.78 is 112. The molecule has 0 aliphatic heterocycles. The van der Waals surface area contributed by atoms with Gasteiger partial charge in [0.05, 0.1) is 7.11 Å². The van der Waals surface area contributed by atoms with Crippen LogP contribution in [0.2, 0.25) is 0 Å². The van der Waals surface area contributed by atoms with Gasteiger partial charge in [-0.2, -0.15) is 39.2 Å². The third kappa shape index (κ3) is 3.68. The van der Waals surface area contributed by atoms with Crippen molar-refractivity contribution in [1.29, 1.82) is 0 Å². The predicted octanol–water partition coefficient (Wildman–Crippen LogP) is 1.30. The standard InChI is InChI=1S/C6H5F7O5S/c1-17-19(15,16)4(7,8)2-18-3(14)5(9,10)6(11,12)13/h2H2,1H3. The van der Waals surface area contributed by atoms with Crippen LogP contribution in [0.25, 0.3) is 0 Å². The molecular formula is C6H5F7O5S. The first kappa shape index (κ1) is 17.9. The van der Waals surface area contributed by atoms with E-state index in [2.05, 4.69) is 8.92 Å². The molecule has 0 atom stereocenters. The molecule has 13 heteroatoms. The van der Waals surface area contributed by atoms with Crippen LogP contribution < -0.4 is 0 Å². The lowest BCUT2D eigenvalue weighted by Gasteiger charge is -2.20. The lowest BCUT2D eigenvalue weighted by Crippen LogP contribution is -2.47. The highest BCUT2D eigenvalue weighted by molar-refractivity contribution is 7.87. The highest BCUT2D eigenvalue weighted by Gasteiger charge is 2.65. The van der Waals surface area contributed by atoms with E-state index in [1.54, 1.807) is 0 Å². The average Bonchev–Trinajstić information content (AvgIpc) is 2.23. The Morgan fingerprint density at radius 2 is 1.47 bits per heavy atom. The summed E-state index contributed by atoms with van der Waals surface area (Å²) in [7, 11) is -5.32. The zero-order valence-corrected chi connectivity index (χ0v) is 9.62. The van der Waals surface area contributed by atoms with Crippen molar-refractivity contribution in [3.8, 4) is 0 Å². The number of hydrogen-bond donors (Lipinski definition) is 0. The summed E-state index contributed by atoms with van der Waals surface area (Å²) in [6, 6.07) is 0. The van der Waals surface area contributed by atoms with Crippen molar-refractivity contribution in [2.24, 2.45) is 0 Å². The first-order valence-corrected chi connectivity index (χ1v) is 5.39. The summed E-state index contributed by atoms with van der Waals surface area (Å²) in [6.45, 7) is -2.55. The van der Waals surface area contributed by atoms with E-state index in [-0.39, 0.29) is 7.11 Å².